The van der Waals surface area contributed by atoms with Gasteiger partial charge in [-0.3, -0.25) is 10.1 Å². The Morgan fingerprint density at radius 1 is 1.12 bits per heavy atom. The van der Waals surface area contributed by atoms with Gasteiger partial charge >= 0.3 is 0 Å². The van der Waals surface area contributed by atoms with Gasteiger partial charge in [0.15, 0.2) is 16.6 Å². The molecule has 130 valence electrons. The van der Waals surface area contributed by atoms with Crippen LogP contribution in [0.15, 0.2) is 36.4 Å². The summed E-state index contributed by atoms with van der Waals surface area (Å²) in [6.45, 7) is 4.93. The second-order valence-electron chi connectivity index (χ2n) is 5.08. The minimum atomic E-state index is -0.410. The number of nitro benzene ring substituents is 1. The quantitative estimate of drug-likeness (QED) is 0.484. The minimum Gasteiger partial charge on any atom is -0.490 e. The summed E-state index contributed by atoms with van der Waals surface area (Å²) in [5.41, 5.74) is 1.58. The van der Waals surface area contributed by atoms with Crippen molar-refractivity contribution in [1.29, 1.82) is 0 Å². The van der Waals surface area contributed by atoms with Gasteiger partial charge in [-0.2, -0.15) is 0 Å². The molecule has 0 atom stereocenters. The van der Waals surface area contributed by atoms with Crippen LogP contribution in [0.4, 0.5) is 16.5 Å². The first-order chi connectivity index (χ1) is 12.1. The number of nitrogens with one attached hydrogen (secondary N) is 1. The van der Waals surface area contributed by atoms with Crippen molar-refractivity contribution in [1.82, 2.24) is 4.98 Å². The Morgan fingerprint density at radius 2 is 1.88 bits per heavy atom. The van der Waals surface area contributed by atoms with Gasteiger partial charge in [-0.05, 0) is 32.0 Å². The van der Waals surface area contributed by atoms with E-state index in [4.69, 9.17) is 9.47 Å². The van der Waals surface area contributed by atoms with Gasteiger partial charge in [-0.15, -0.1) is 0 Å². The van der Waals surface area contributed by atoms with Gasteiger partial charge in [-0.25, -0.2) is 4.98 Å². The molecule has 3 rings (SSSR count). The van der Waals surface area contributed by atoms with E-state index in [1.807, 2.05) is 32.0 Å². The Kier molecular flexibility index (Phi) is 4.99. The fraction of sp³-hybridized carbons (Fsp3) is 0.235. The topological polar surface area (TPSA) is 86.5 Å². The molecule has 0 aliphatic carbocycles. The lowest BCUT2D eigenvalue weighted by atomic mass is 10.2. The summed E-state index contributed by atoms with van der Waals surface area (Å²) in [4.78, 5) is 14.9. The molecule has 1 aromatic heterocycles. The number of hydrogen-bond acceptors (Lipinski definition) is 7. The van der Waals surface area contributed by atoms with Gasteiger partial charge in [0.2, 0.25) is 0 Å². The lowest BCUT2D eigenvalue weighted by Gasteiger charge is -2.12. The monoisotopic (exact) mass is 359 g/mol. The zero-order valence-corrected chi connectivity index (χ0v) is 14.6. The second kappa shape index (κ2) is 7.35. The van der Waals surface area contributed by atoms with E-state index >= 15 is 0 Å². The number of hydrogen-bond donors (Lipinski definition) is 1. The standard InChI is InChI=1S/C17H17N3O4S/c1-3-23-14-8-5-11(9-15(14)24-4-2)18-17-19-13-7-6-12(20(21)22)10-16(13)25-17/h5-10H,3-4H2,1-2H3,(H,18,19). The number of nitrogens with zero attached hydrogens (tertiary/aromatic N) is 2. The number of anilines is 2. The van der Waals surface area contributed by atoms with Crippen LogP contribution in [0, 0.1) is 10.1 Å². The van der Waals surface area contributed by atoms with Crippen LogP contribution in [0.3, 0.4) is 0 Å². The van der Waals surface area contributed by atoms with Gasteiger partial charge in [0.05, 0.1) is 28.4 Å². The molecule has 0 aliphatic heterocycles. The summed E-state index contributed by atoms with van der Waals surface area (Å²) >= 11 is 1.36. The Morgan fingerprint density at radius 3 is 2.60 bits per heavy atom. The van der Waals surface area contributed by atoms with Gasteiger partial charge in [0, 0.05) is 23.9 Å². The highest BCUT2D eigenvalue weighted by Crippen LogP contribution is 2.34. The molecule has 0 saturated carbocycles. The third kappa shape index (κ3) is 3.80. The third-order valence-electron chi connectivity index (χ3n) is 3.38. The molecule has 0 unspecified atom stereocenters. The first kappa shape index (κ1) is 17.0. The zero-order chi connectivity index (χ0) is 17.8. The molecule has 0 bridgehead atoms. The van der Waals surface area contributed by atoms with Crippen LogP contribution < -0.4 is 14.8 Å². The smallest absolute Gasteiger partial charge is 0.270 e. The summed E-state index contributed by atoms with van der Waals surface area (Å²) in [7, 11) is 0. The molecule has 7 nitrogen and oxygen atoms in total. The van der Waals surface area contributed by atoms with Crippen LogP contribution in [0.5, 0.6) is 11.5 Å². The first-order valence-electron chi connectivity index (χ1n) is 7.82. The van der Waals surface area contributed by atoms with Crippen molar-refractivity contribution in [2.24, 2.45) is 0 Å². The highest BCUT2D eigenvalue weighted by molar-refractivity contribution is 7.22. The number of ether oxygens (including phenoxy) is 2. The average molecular weight is 359 g/mol. The van der Waals surface area contributed by atoms with Gasteiger partial charge in [0.25, 0.3) is 5.69 Å². The predicted octanol–water partition coefficient (Wildman–Crippen LogP) is 4.75. The van der Waals surface area contributed by atoms with E-state index in [-0.39, 0.29) is 5.69 Å². The molecule has 0 radical (unpaired) electrons. The van der Waals surface area contributed by atoms with Crippen LogP contribution in [-0.4, -0.2) is 23.1 Å². The van der Waals surface area contributed by atoms with Crippen molar-refractivity contribution in [3.63, 3.8) is 0 Å². The number of aromatic nitrogens is 1. The highest BCUT2D eigenvalue weighted by atomic mass is 32.1. The third-order valence-corrected chi connectivity index (χ3v) is 4.31. The summed E-state index contributed by atoms with van der Waals surface area (Å²) in [6.07, 6.45) is 0. The fourth-order valence-corrected chi connectivity index (χ4v) is 3.25. The molecule has 2 aromatic carbocycles. The van der Waals surface area contributed by atoms with E-state index in [1.54, 1.807) is 6.07 Å². The molecule has 1 heterocycles. The maximum absolute atomic E-state index is 10.9. The number of rotatable bonds is 7. The van der Waals surface area contributed by atoms with Crippen LogP contribution >= 0.6 is 11.3 Å². The lowest BCUT2D eigenvalue weighted by molar-refractivity contribution is -0.384. The molecular weight excluding hydrogens is 342 g/mol. The Balaban J connectivity index is 1.87. The van der Waals surface area contributed by atoms with E-state index in [2.05, 4.69) is 10.3 Å². The lowest BCUT2D eigenvalue weighted by Crippen LogP contribution is -1.99. The van der Waals surface area contributed by atoms with Crippen LogP contribution in [0.1, 0.15) is 13.8 Å². The number of non-ortho nitro benzene ring substituents is 1. The Labute approximate surface area is 148 Å². The number of thiazole rings is 1. The first-order valence-corrected chi connectivity index (χ1v) is 8.64. The molecule has 0 fully saturated rings. The van der Waals surface area contributed by atoms with Gasteiger partial charge in [0.1, 0.15) is 0 Å². The van der Waals surface area contributed by atoms with Crippen LogP contribution in [0.2, 0.25) is 0 Å². The largest absolute Gasteiger partial charge is 0.490 e. The molecule has 3 aromatic rings. The number of benzene rings is 2. The van der Waals surface area contributed by atoms with Crippen molar-refractivity contribution in [2.45, 2.75) is 13.8 Å². The second-order valence-corrected chi connectivity index (χ2v) is 6.11. The molecule has 25 heavy (non-hydrogen) atoms. The maximum Gasteiger partial charge on any atom is 0.270 e. The summed E-state index contributed by atoms with van der Waals surface area (Å²) in [5, 5.41) is 14.7. The molecule has 1 N–H and O–H groups in total. The van der Waals surface area contributed by atoms with E-state index in [9.17, 15) is 10.1 Å². The van der Waals surface area contributed by atoms with E-state index in [1.165, 1.54) is 23.5 Å². The fourth-order valence-electron chi connectivity index (χ4n) is 2.33. The van der Waals surface area contributed by atoms with Gasteiger partial charge < -0.3 is 14.8 Å². The van der Waals surface area contributed by atoms with Gasteiger partial charge in [-0.1, -0.05) is 11.3 Å². The zero-order valence-electron chi connectivity index (χ0n) is 13.8. The van der Waals surface area contributed by atoms with Crippen molar-refractivity contribution < 1.29 is 14.4 Å². The van der Waals surface area contributed by atoms with E-state index in [0.29, 0.717) is 35.4 Å². The molecule has 0 saturated heterocycles. The van der Waals surface area contributed by atoms with E-state index < -0.39 is 4.92 Å². The normalized spacial score (nSPS) is 10.6. The van der Waals surface area contributed by atoms with Crippen molar-refractivity contribution in [2.75, 3.05) is 18.5 Å². The molecule has 0 spiro atoms. The van der Waals surface area contributed by atoms with Crippen LogP contribution in [-0.2, 0) is 0 Å². The Hall–Kier alpha value is -2.87. The van der Waals surface area contributed by atoms with Crippen molar-refractivity contribution in [3.8, 4) is 11.5 Å². The summed E-state index contributed by atoms with van der Waals surface area (Å²) in [6, 6.07) is 10.2. The molecular formula is C17H17N3O4S. The molecule has 0 aliphatic rings. The van der Waals surface area contributed by atoms with E-state index in [0.717, 1.165) is 10.4 Å². The minimum absolute atomic E-state index is 0.0578. The highest BCUT2D eigenvalue weighted by Gasteiger charge is 2.11. The molecule has 8 heteroatoms. The SMILES string of the molecule is CCOc1ccc(Nc2nc3ccc([N+](=O)[O-])cc3s2)cc1OCC. The van der Waals surface area contributed by atoms with Crippen molar-refractivity contribution in [3.05, 3.63) is 46.5 Å². The Bertz CT molecular complexity index is 910. The summed E-state index contributed by atoms with van der Waals surface area (Å²) in [5.74, 6) is 1.35. The van der Waals surface area contributed by atoms with Crippen molar-refractivity contribution >= 4 is 38.1 Å². The molecule has 0 amide bonds. The van der Waals surface area contributed by atoms with Crippen LogP contribution in [0.25, 0.3) is 10.2 Å². The summed E-state index contributed by atoms with van der Waals surface area (Å²) < 4.78 is 11.9. The number of nitro groups is 1. The maximum atomic E-state index is 10.9. The predicted molar refractivity (Wildman–Crippen MR) is 98.3 cm³/mol. The number of fused-ring (bicyclic) bond motifs is 1. The average Bonchev–Trinajstić information content (AvgIpc) is 2.98.